The van der Waals surface area contributed by atoms with Gasteiger partial charge in [0.15, 0.2) is 5.69 Å². The van der Waals surface area contributed by atoms with Crippen LogP contribution in [0, 0.1) is 0 Å². The SMILES string of the molecule is COC(=O)c1nc(Cl)ccc1S(=O)(=O)N1CCOC[C@@H]1C. The number of nitrogens with zero attached hydrogens (tertiary/aromatic N) is 2. The van der Waals surface area contributed by atoms with Crippen LogP contribution in [0.25, 0.3) is 0 Å². The van der Waals surface area contributed by atoms with Crippen molar-refractivity contribution in [1.82, 2.24) is 9.29 Å². The average Bonchev–Trinajstić information content (AvgIpc) is 2.46. The zero-order valence-electron chi connectivity index (χ0n) is 11.6. The van der Waals surface area contributed by atoms with Crippen LogP contribution < -0.4 is 0 Å². The van der Waals surface area contributed by atoms with Gasteiger partial charge in [0.05, 0.1) is 20.3 Å². The minimum atomic E-state index is -3.88. The molecule has 0 spiro atoms. The molecular formula is C12H15ClN2O5S. The first-order valence-electron chi connectivity index (χ1n) is 6.22. The molecule has 0 N–H and O–H groups in total. The summed E-state index contributed by atoms with van der Waals surface area (Å²) in [5.74, 6) is -0.850. The van der Waals surface area contributed by atoms with Gasteiger partial charge in [-0.15, -0.1) is 0 Å². The second kappa shape index (κ2) is 6.27. The Labute approximate surface area is 127 Å². The number of rotatable bonds is 3. The highest BCUT2D eigenvalue weighted by Gasteiger charge is 2.35. The summed E-state index contributed by atoms with van der Waals surface area (Å²) in [6.07, 6.45) is 0. The number of morpholine rings is 1. The van der Waals surface area contributed by atoms with E-state index in [1.165, 1.54) is 16.4 Å². The van der Waals surface area contributed by atoms with Crippen LogP contribution in [0.15, 0.2) is 17.0 Å². The van der Waals surface area contributed by atoms with Crippen molar-refractivity contribution in [2.75, 3.05) is 26.9 Å². The number of aromatic nitrogens is 1. The van der Waals surface area contributed by atoms with E-state index in [0.717, 1.165) is 7.11 Å². The van der Waals surface area contributed by atoms with Crippen LogP contribution in [0.1, 0.15) is 17.4 Å². The fourth-order valence-electron chi connectivity index (χ4n) is 2.07. The number of hydrogen-bond donors (Lipinski definition) is 0. The largest absolute Gasteiger partial charge is 0.464 e. The topological polar surface area (TPSA) is 85.8 Å². The quantitative estimate of drug-likeness (QED) is 0.604. The maximum atomic E-state index is 12.7. The first-order valence-corrected chi connectivity index (χ1v) is 8.04. The summed E-state index contributed by atoms with van der Waals surface area (Å²) in [4.78, 5) is 15.3. The number of sulfonamides is 1. The van der Waals surface area contributed by atoms with Crippen LogP contribution in [0.4, 0.5) is 0 Å². The van der Waals surface area contributed by atoms with E-state index in [1.807, 2.05) is 0 Å². The Morgan fingerprint density at radius 3 is 2.86 bits per heavy atom. The lowest BCUT2D eigenvalue weighted by Crippen LogP contribution is -2.47. The van der Waals surface area contributed by atoms with Crippen molar-refractivity contribution in [2.45, 2.75) is 17.9 Å². The molecule has 1 aromatic rings. The number of ether oxygens (including phenoxy) is 2. The molecule has 1 aliphatic rings. The maximum absolute atomic E-state index is 12.7. The molecule has 1 aliphatic heterocycles. The number of methoxy groups -OCH3 is 1. The minimum Gasteiger partial charge on any atom is -0.464 e. The molecule has 9 heteroatoms. The van der Waals surface area contributed by atoms with Gasteiger partial charge in [-0.1, -0.05) is 11.6 Å². The van der Waals surface area contributed by atoms with E-state index in [2.05, 4.69) is 9.72 Å². The summed E-state index contributed by atoms with van der Waals surface area (Å²) in [5.41, 5.74) is -0.316. The standard InChI is InChI=1S/C12H15ClN2O5S/c1-8-7-20-6-5-15(8)21(17,18)9-3-4-10(13)14-11(9)12(16)19-2/h3-4,8H,5-7H2,1-2H3/t8-/m0/s1. The molecule has 0 bridgehead atoms. The predicted molar refractivity (Wildman–Crippen MR) is 74.8 cm³/mol. The van der Waals surface area contributed by atoms with Gasteiger partial charge in [-0.25, -0.2) is 18.2 Å². The van der Waals surface area contributed by atoms with Gasteiger partial charge >= 0.3 is 5.97 Å². The Kier molecular flexibility index (Phi) is 4.82. The van der Waals surface area contributed by atoms with Crippen LogP contribution in [0.3, 0.4) is 0 Å². The molecule has 2 heterocycles. The van der Waals surface area contributed by atoms with Crippen molar-refractivity contribution >= 4 is 27.6 Å². The average molecular weight is 335 g/mol. The van der Waals surface area contributed by atoms with E-state index < -0.39 is 16.0 Å². The molecule has 1 saturated heterocycles. The second-order valence-electron chi connectivity index (χ2n) is 4.51. The number of carbonyl (C=O) groups excluding carboxylic acids is 1. The van der Waals surface area contributed by atoms with E-state index in [4.69, 9.17) is 16.3 Å². The van der Waals surface area contributed by atoms with Crippen molar-refractivity contribution in [3.8, 4) is 0 Å². The Morgan fingerprint density at radius 2 is 2.24 bits per heavy atom. The lowest BCUT2D eigenvalue weighted by Gasteiger charge is -2.32. The van der Waals surface area contributed by atoms with Crippen LogP contribution in [-0.4, -0.2) is 56.6 Å². The molecule has 0 aliphatic carbocycles. The van der Waals surface area contributed by atoms with Gasteiger partial charge in [0.1, 0.15) is 10.0 Å². The number of pyridine rings is 1. The first-order chi connectivity index (χ1) is 9.87. The molecule has 2 rings (SSSR count). The molecule has 7 nitrogen and oxygen atoms in total. The highest BCUT2D eigenvalue weighted by molar-refractivity contribution is 7.89. The molecule has 0 amide bonds. The summed E-state index contributed by atoms with van der Waals surface area (Å²) < 4.78 is 36.5. The molecule has 21 heavy (non-hydrogen) atoms. The molecular weight excluding hydrogens is 320 g/mol. The fourth-order valence-corrected chi connectivity index (χ4v) is 3.93. The smallest absolute Gasteiger partial charge is 0.358 e. The van der Waals surface area contributed by atoms with Crippen LogP contribution in [0.5, 0.6) is 0 Å². The van der Waals surface area contributed by atoms with Crippen LogP contribution >= 0.6 is 11.6 Å². The monoisotopic (exact) mass is 334 g/mol. The third-order valence-electron chi connectivity index (χ3n) is 3.10. The fraction of sp³-hybridized carbons (Fsp3) is 0.500. The van der Waals surface area contributed by atoms with Crippen molar-refractivity contribution < 1.29 is 22.7 Å². The lowest BCUT2D eigenvalue weighted by molar-refractivity contribution is 0.0391. The number of esters is 1. The molecule has 0 unspecified atom stereocenters. The van der Waals surface area contributed by atoms with Gasteiger partial charge in [-0.2, -0.15) is 4.31 Å². The molecule has 1 aromatic heterocycles. The minimum absolute atomic E-state index is 0.0179. The van der Waals surface area contributed by atoms with Crippen molar-refractivity contribution in [3.63, 3.8) is 0 Å². The zero-order chi connectivity index (χ0) is 15.6. The maximum Gasteiger partial charge on any atom is 0.358 e. The van der Waals surface area contributed by atoms with E-state index in [-0.39, 0.29) is 28.3 Å². The lowest BCUT2D eigenvalue weighted by atomic mass is 10.3. The van der Waals surface area contributed by atoms with E-state index >= 15 is 0 Å². The van der Waals surface area contributed by atoms with E-state index in [9.17, 15) is 13.2 Å². The molecule has 0 saturated carbocycles. The summed E-state index contributed by atoms with van der Waals surface area (Å²) in [7, 11) is -2.73. The second-order valence-corrected chi connectivity index (χ2v) is 6.76. The van der Waals surface area contributed by atoms with Gasteiger partial charge < -0.3 is 9.47 Å². The van der Waals surface area contributed by atoms with E-state index in [1.54, 1.807) is 6.92 Å². The van der Waals surface area contributed by atoms with Gasteiger partial charge in [0.2, 0.25) is 10.0 Å². The first kappa shape index (κ1) is 16.2. The van der Waals surface area contributed by atoms with E-state index in [0.29, 0.717) is 13.2 Å². The molecule has 0 aromatic carbocycles. The van der Waals surface area contributed by atoms with Crippen LogP contribution in [0.2, 0.25) is 5.15 Å². The summed E-state index contributed by atoms with van der Waals surface area (Å²) in [6.45, 7) is 2.55. The number of carbonyl (C=O) groups is 1. The molecule has 0 radical (unpaired) electrons. The summed E-state index contributed by atoms with van der Waals surface area (Å²) >= 11 is 5.74. The van der Waals surface area contributed by atoms with Crippen LogP contribution in [-0.2, 0) is 19.5 Å². The summed E-state index contributed by atoms with van der Waals surface area (Å²) in [5, 5.41) is 0.0179. The third-order valence-corrected chi connectivity index (χ3v) is 5.35. The summed E-state index contributed by atoms with van der Waals surface area (Å²) in [6, 6.07) is 2.26. The van der Waals surface area contributed by atoms with Crippen molar-refractivity contribution in [2.24, 2.45) is 0 Å². The van der Waals surface area contributed by atoms with Gasteiger partial charge in [0, 0.05) is 12.6 Å². The van der Waals surface area contributed by atoms with Gasteiger partial charge in [-0.05, 0) is 19.1 Å². The normalized spacial score (nSPS) is 20.2. The van der Waals surface area contributed by atoms with Crippen molar-refractivity contribution in [3.05, 3.63) is 23.0 Å². The highest BCUT2D eigenvalue weighted by Crippen LogP contribution is 2.24. The zero-order valence-corrected chi connectivity index (χ0v) is 13.1. The molecule has 1 fully saturated rings. The Morgan fingerprint density at radius 1 is 1.52 bits per heavy atom. The molecule has 116 valence electrons. The highest BCUT2D eigenvalue weighted by atomic mass is 35.5. The number of hydrogen-bond acceptors (Lipinski definition) is 6. The Hall–Kier alpha value is -1.22. The van der Waals surface area contributed by atoms with Gasteiger partial charge in [-0.3, -0.25) is 0 Å². The number of halogens is 1. The Bertz CT molecular complexity index is 649. The molecule has 1 atom stereocenters. The van der Waals surface area contributed by atoms with Gasteiger partial charge in [0.25, 0.3) is 0 Å². The third kappa shape index (κ3) is 3.18. The Balaban J connectivity index is 2.51. The van der Waals surface area contributed by atoms with Crippen molar-refractivity contribution in [1.29, 1.82) is 0 Å². The predicted octanol–water partition coefficient (Wildman–Crippen LogP) is 0.931.